The fourth-order valence-electron chi connectivity index (χ4n) is 2.86. The summed E-state index contributed by atoms with van der Waals surface area (Å²) >= 11 is 0. The Bertz CT molecular complexity index is 969. The van der Waals surface area contributed by atoms with Crippen molar-refractivity contribution in [2.45, 2.75) is 32.4 Å². The van der Waals surface area contributed by atoms with Crippen molar-refractivity contribution >= 4 is 16.7 Å². The number of carbonyl (C=O) groups is 1. The minimum Gasteiger partial charge on any atom is -0.441 e. The normalized spacial score (nSPS) is 11.9. The Morgan fingerprint density at radius 3 is 2.52 bits per heavy atom. The number of rotatable bonds is 9. The van der Waals surface area contributed by atoms with Crippen molar-refractivity contribution in [1.82, 2.24) is 15.3 Å². The lowest BCUT2D eigenvalue weighted by atomic mass is 10.1. The lowest BCUT2D eigenvalue weighted by Crippen LogP contribution is -2.30. The van der Waals surface area contributed by atoms with E-state index in [1.165, 1.54) is 5.56 Å². The minimum atomic E-state index is -1.35. The molecule has 0 aliphatic carbocycles. The van der Waals surface area contributed by atoms with Gasteiger partial charge in [0.2, 0.25) is 11.8 Å². The summed E-state index contributed by atoms with van der Waals surface area (Å²) in [5.74, 6) is 1.06. The summed E-state index contributed by atoms with van der Waals surface area (Å²) in [5, 5.41) is 2.81. The molecule has 1 unspecified atom stereocenters. The van der Waals surface area contributed by atoms with E-state index in [0.29, 0.717) is 30.3 Å². The summed E-state index contributed by atoms with van der Waals surface area (Å²) < 4.78 is 18.1. The number of aryl methyl sites for hydroxylation is 2. The van der Waals surface area contributed by atoms with Crippen LogP contribution in [0.3, 0.4) is 0 Å². The maximum atomic E-state index is 12.4. The Morgan fingerprint density at radius 2 is 1.83 bits per heavy atom. The van der Waals surface area contributed by atoms with Gasteiger partial charge in [0, 0.05) is 35.3 Å². The lowest BCUT2D eigenvalue weighted by molar-refractivity contribution is -0.118. The first-order valence-electron chi connectivity index (χ1n) is 9.61. The Balaban J connectivity index is 1.50. The van der Waals surface area contributed by atoms with E-state index in [0.717, 1.165) is 17.5 Å². The van der Waals surface area contributed by atoms with Gasteiger partial charge in [-0.15, -0.1) is 0 Å². The molecule has 0 spiro atoms. The highest BCUT2D eigenvalue weighted by Crippen LogP contribution is 2.23. The number of nitrogens with one attached hydrogen (secondary N) is 1. The standard InChI is InChI=1S/C22H25N3O3S/c1-3-17-4-6-19(7-5-17)22-25-20(16(2)28-22)14-29(27)15-21(26)24-13-10-18-8-11-23-12-9-18/h4-9,11-12H,3,10,13-15H2,1-2H3,(H,24,26). The maximum absolute atomic E-state index is 12.4. The van der Waals surface area contributed by atoms with Crippen molar-refractivity contribution in [2.75, 3.05) is 12.3 Å². The van der Waals surface area contributed by atoms with Gasteiger partial charge in [0.1, 0.15) is 11.5 Å². The molecule has 0 radical (unpaired) electrons. The molecule has 2 aromatic heterocycles. The van der Waals surface area contributed by atoms with Crippen LogP contribution in [0.15, 0.2) is 53.2 Å². The van der Waals surface area contributed by atoms with Crippen LogP contribution >= 0.6 is 0 Å². The second kappa shape index (κ2) is 10.1. The molecule has 0 bridgehead atoms. The number of oxazole rings is 1. The second-order valence-corrected chi connectivity index (χ2v) is 8.21. The van der Waals surface area contributed by atoms with Crippen LogP contribution in [0.4, 0.5) is 0 Å². The predicted octanol–water partition coefficient (Wildman–Crippen LogP) is 3.22. The van der Waals surface area contributed by atoms with E-state index >= 15 is 0 Å². The van der Waals surface area contributed by atoms with E-state index in [2.05, 4.69) is 22.2 Å². The Labute approximate surface area is 173 Å². The Morgan fingerprint density at radius 1 is 1.10 bits per heavy atom. The van der Waals surface area contributed by atoms with E-state index in [1.54, 1.807) is 19.3 Å². The molecule has 1 N–H and O–H groups in total. The lowest BCUT2D eigenvalue weighted by Gasteiger charge is -2.05. The van der Waals surface area contributed by atoms with Crippen LogP contribution in [0, 0.1) is 6.92 Å². The molecule has 1 atom stereocenters. The number of carbonyl (C=O) groups excluding carboxylic acids is 1. The van der Waals surface area contributed by atoms with Crippen LogP contribution in [-0.4, -0.2) is 32.4 Å². The van der Waals surface area contributed by atoms with E-state index in [4.69, 9.17) is 4.42 Å². The molecule has 1 amide bonds. The monoisotopic (exact) mass is 411 g/mol. The summed E-state index contributed by atoms with van der Waals surface area (Å²) in [5.41, 5.74) is 3.85. The molecule has 0 saturated heterocycles. The Kier molecular flexibility index (Phi) is 7.30. The molecule has 152 valence electrons. The first kappa shape index (κ1) is 20.9. The summed E-state index contributed by atoms with van der Waals surface area (Å²) in [4.78, 5) is 20.5. The molecule has 1 aromatic carbocycles. The van der Waals surface area contributed by atoms with Crippen molar-refractivity contribution < 1.29 is 13.4 Å². The largest absolute Gasteiger partial charge is 0.441 e. The second-order valence-electron chi connectivity index (χ2n) is 6.76. The van der Waals surface area contributed by atoms with Gasteiger partial charge in [-0.25, -0.2) is 4.98 Å². The fraction of sp³-hybridized carbons (Fsp3) is 0.318. The molecule has 0 saturated carbocycles. The van der Waals surface area contributed by atoms with Crippen molar-refractivity contribution in [3.8, 4) is 11.5 Å². The quantitative estimate of drug-likeness (QED) is 0.584. The third-order valence-corrected chi connectivity index (χ3v) is 5.76. The molecule has 2 heterocycles. The maximum Gasteiger partial charge on any atom is 0.232 e. The molecule has 3 aromatic rings. The van der Waals surface area contributed by atoms with Crippen molar-refractivity contribution in [3.05, 3.63) is 71.4 Å². The highest BCUT2D eigenvalue weighted by atomic mass is 32.2. The minimum absolute atomic E-state index is 0.0524. The average Bonchev–Trinajstić information content (AvgIpc) is 3.09. The average molecular weight is 412 g/mol. The number of hydrogen-bond acceptors (Lipinski definition) is 5. The number of amides is 1. The van der Waals surface area contributed by atoms with Gasteiger partial charge in [-0.2, -0.15) is 0 Å². The first-order chi connectivity index (χ1) is 14.0. The third kappa shape index (κ3) is 6.09. The Hall–Kier alpha value is -2.80. The summed E-state index contributed by atoms with van der Waals surface area (Å²) in [7, 11) is -1.35. The van der Waals surface area contributed by atoms with Crippen LogP contribution in [0.25, 0.3) is 11.5 Å². The predicted molar refractivity (Wildman–Crippen MR) is 114 cm³/mol. The molecular formula is C22H25N3O3S. The van der Waals surface area contributed by atoms with Gasteiger partial charge in [0.15, 0.2) is 0 Å². The number of pyridine rings is 1. The topological polar surface area (TPSA) is 85.1 Å². The molecule has 0 fully saturated rings. The van der Waals surface area contributed by atoms with E-state index < -0.39 is 10.8 Å². The SMILES string of the molecule is CCc1ccc(-c2nc(CS(=O)CC(=O)NCCc3ccncc3)c(C)o2)cc1. The summed E-state index contributed by atoms with van der Waals surface area (Å²) in [6.07, 6.45) is 5.13. The smallest absolute Gasteiger partial charge is 0.232 e. The molecule has 3 rings (SSSR count). The van der Waals surface area contributed by atoms with Crippen LogP contribution in [0.2, 0.25) is 0 Å². The van der Waals surface area contributed by atoms with Gasteiger partial charge in [-0.1, -0.05) is 19.1 Å². The highest BCUT2D eigenvalue weighted by Gasteiger charge is 2.16. The molecule has 29 heavy (non-hydrogen) atoms. The van der Waals surface area contributed by atoms with Crippen LogP contribution < -0.4 is 5.32 Å². The van der Waals surface area contributed by atoms with Crippen molar-refractivity contribution in [1.29, 1.82) is 0 Å². The van der Waals surface area contributed by atoms with Crippen LogP contribution in [0.1, 0.15) is 29.5 Å². The van der Waals surface area contributed by atoms with Gasteiger partial charge in [0.05, 0.1) is 11.4 Å². The number of nitrogens with zero attached hydrogens (tertiary/aromatic N) is 2. The number of benzene rings is 1. The zero-order chi connectivity index (χ0) is 20.6. The number of aromatic nitrogens is 2. The van der Waals surface area contributed by atoms with E-state index in [9.17, 15) is 9.00 Å². The van der Waals surface area contributed by atoms with E-state index in [1.807, 2.05) is 36.4 Å². The van der Waals surface area contributed by atoms with Gasteiger partial charge < -0.3 is 9.73 Å². The van der Waals surface area contributed by atoms with Gasteiger partial charge in [0.25, 0.3) is 0 Å². The zero-order valence-electron chi connectivity index (χ0n) is 16.7. The summed E-state index contributed by atoms with van der Waals surface area (Å²) in [6.45, 7) is 4.41. The third-order valence-electron chi connectivity index (χ3n) is 4.58. The molecule has 6 nitrogen and oxygen atoms in total. The van der Waals surface area contributed by atoms with Crippen LogP contribution in [-0.2, 0) is 34.2 Å². The van der Waals surface area contributed by atoms with Crippen molar-refractivity contribution in [3.63, 3.8) is 0 Å². The fourth-order valence-corrected chi connectivity index (χ4v) is 3.93. The van der Waals surface area contributed by atoms with E-state index in [-0.39, 0.29) is 17.4 Å². The zero-order valence-corrected chi connectivity index (χ0v) is 17.5. The van der Waals surface area contributed by atoms with Crippen molar-refractivity contribution in [2.24, 2.45) is 0 Å². The summed E-state index contributed by atoms with van der Waals surface area (Å²) in [6, 6.07) is 11.9. The highest BCUT2D eigenvalue weighted by molar-refractivity contribution is 7.84. The van der Waals surface area contributed by atoms with Gasteiger partial charge in [-0.05, 0) is 55.2 Å². The molecular weight excluding hydrogens is 386 g/mol. The van der Waals surface area contributed by atoms with Gasteiger partial charge >= 0.3 is 0 Å². The number of hydrogen-bond donors (Lipinski definition) is 1. The van der Waals surface area contributed by atoms with Crippen LogP contribution in [0.5, 0.6) is 0 Å². The molecule has 0 aliphatic rings. The first-order valence-corrected chi connectivity index (χ1v) is 11.1. The van der Waals surface area contributed by atoms with Gasteiger partial charge in [-0.3, -0.25) is 14.0 Å². The molecule has 0 aliphatic heterocycles. The molecule has 7 heteroatoms.